The Balaban J connectivity index is 2.96. The van der Waals surface area contributed by atoms with Crippen molar-refractivity contribution in [1.29, 1.82) is 5.26 Å². The van der Waals surface area contributed by atoms with E-state index in [2.05, 4.69) is 5.32 Å². The van der Waals surface area contributed by atoms with Crippen molar-refractivity contribution in [3.05, 3.63) is 33.9 Å². The number of benzene rings is 1. The van der Waals surface area contributed by atoms with E-state index in [0.29, 0.717) is 12.1 Å². The molecule has 0 unspecified atom stereocenters. The highest BCUT2D eigenvalue weighted by molar-refractivity contribution is 5.77. The smallest absolute Gasteiger partial charge is 0.326 e. The summed E-state index contributed by atoms with van der Waals surface area (Å²) in [4.78, 5) is 21.3. The molecule has 0 radical (unpaired) electrons. The molecule has 0 fully saturated rings. The van der Waals surface area contributed by atoms with Crippen molar-refractivity contribution in [2.24, 2.45) is 0 Å². The Morgan fingerprint density at radius 2 is 2.30 bits per heavy atom. The highest BCUT2D eigenvalue weighted by Crippen LogP contribution is 2.23. The molecule has 0 aliphatic heterocycles. The van der Waals surface area contributed by atoms with E-state index in [-0.39, 0.29) is 11.3 Å². The van der Waals surface area contributed by atoms with E-state index >= 15 is 0 Å². The molecule has 7 heteroatoms. The molecular weight excluding hydrogens is 262 g/mol. The van der Waals surface area contributed by atoms with Crippen LogP contribution in [0.5, 0.6) is 0 Å². The van der Waals surface area contributed by atoms with Gasteiger partial charge < -0.3 is 10.4 Å². The number of nitriles is 1. The zero-order valence-electron chi connectivity index (χ0n) is 11.0. The van der Waals surface area contributed by atoms with E-state index in [1.165, 1.54) is 18.2 Å². The maximum absolute atomic E-state index is 11.1. The Morgan fingerprint density at radius 1 is 1.60 bits per heavy atom. The summed E-state index contributed by atoms with van der Waals surface area (Å²) >= 11 is 0. The average Bonchev–Trinajstić information content (AvgIpc) is 2.42. The van der Waals surface area contributed by atoms with E-state index < -0.39 is 16.9 Å². The number of hydrogen-bond acceptors (Lipinski definition) is 5. The minimum Gasteiger partial charge on any atom is -0.480 e. The molecule has 1 rings (SSSR count). The fourth-order valence-corrected chi connectivity index (χ4v) is 1.73. The van der Waals surface area contributed by atoms with Crippen molar-refractivity contribution in [2.75, 3.05) is 5.32 Å². The van der Waals surface area contributed by atoms with Gasteiger partial charge in [-0.15, -0.1) is 0 Å². The van der Waals surface area contributed by atoms with Gasteiger partial charge in [0.15, 0.2) is 0 Å². The fraction of sp³-hybridized carbons (Fsp3) is 0.385. The number of unbranched alkanes of at least 4 members (excludes halogenated alkanes) is 1. The number of anilines is 1. The van der Waals surface area contributed by atoms with Crippen molar-refractivity contribution < 1.29 is 14.8 Å². The first kappa shape index (κ1) is 15.4. The van der Waals surface area contributed by atoms with Crippen molar-refractivity contribution in [2.45, 2.75) is 32.2 Å². The van der Waals surface area contributed by atoms with Crippen molar-refractivity contribution in [3.8, 4) is 6.07 Å². The Morgan fingerprint density at radius 3 is 2.80 bits per heavy atom. The van der Waals surface area contributed by atoms with Crippen LogP contribution >= 0.6 is 0 Å². The van der Waals surface area contributed by atoms with Crippen molar-refractivity contribution in [1.82, 2.24) is 0 Å². The van der Waals surface area contributed by atoms with Gasteiger partial charge in [-0.05, 0) is 18.6 Å². The van der Waals surface area contributed by atoms with E-state index in [1.807, 2.05) is 6.92 Å². The number of nitro groups is 1. The van der Waals surface area contributed by atoms with Crippen LogP contribution in [0.3, 0.4) is 0 Å². The van der Waals surface area contributed by atoms with Gasteiger partial charge in [0.1, 0.15) is 17.7 Å². The zero-order chi connectivity index (χ0) is 15.1. The summed E-state index contributed by atoms with van der Waals surface area (Å²) in [7, 11) is 0. The van der Waals surface area contributed by atoms with Gasteiger partial charge in [-0.1, -0.05) is 19.8 Å². The summed E-state index contributed by atoms with van der Waals surface area (Å²) in [5, 5.41) is 31.4. The number of carbonyl (C=O) groups is 1. The van der Waals surface area contributed by atoms with Crippen LogP contribution in [-0.2, 0) is 4.79 Å². The van der Waals surface area contributed by atoms with Crippen LogP contribution in [0.2, 0.25) is 0 Å². The number of nitrogens with zero attached hydrogens (tertiary/aromatic N) is 2. The van der Waals surface area contributed by atoms with Gasteiger partial charge in [-0.3, -0.25) is 10.1 Å². The molecule has 106 valence electrons. The third kappa shape index (κ3) is 3.95. The summed E-state index contributed by atoms with van der Waals surface area (Å²) in [5.41, 5.74) is -0.0719. The molecule has 0 spiro atoms. The Labute approximate surface area is 116 Å². The SMILES string of the molecule is CCCC[C@H](Nc1ccc(C#N)c([N+](=O)[O-])c1)C(=O)O. The van der Waals surface area contributed by atoms with E-state index in [1.54, 1.807) is 6.07 Å². The van der Waals surface area contributed by atoms with Gasteiger partial charge >= 0.3 is 5.97 Å². The van der Waals surface area contributed by atoms with E-state index in [4.69, 9.17) is 10.4 Å². The monoisotopic (exact) mass is 277 g/mol. The zero-order valence-corrected chi connectivity index (χ0v) is 11.0. The molecule has 0 amide bonds. The number of aliphatic carboxylic acids is 1. The standard InChI is InChI=1S/C13H15N3O4/c1-2-3-4-11(13(17)18)15-10-6-5-9(8-14)12(7-10)16(19)20/h5-7,11,15H,2-4H2,1H3,(H,17,18)/t11-/m0/s1. The molecular formula is C13H15N3O4. The minimum absolute atomic E-state index is 0.0546. The predicted molar refractivity (Wildman–Crippen MR) is 72.4 cm³/mol. The number of nitrogens with one attached hydrogen (secondary N) is 1. The van der Waals surface area contributed by atoms with Crippen LogP contribution in [0.1, 0.15) is 31.7 Å². The molecule has 0 saturated carbocycles. The Hall–Kier alpha value is -2.62. The summed E-state index contributed by atoms with van der Waals surface area (Å²) in [5.74, 6) is -1.01. The number of carboxylic acid groups (broad SMARTS) is 1. The largest absolute Gasteiger partial charge is 0.480 e. The topological polar surface area (TPSA) is 116 Å². The maximum atomic E-state index is 11.1. The quantitative estimate of drug-likeness (QED) is 0.584. The molecule has 0 bridgehead atoms. The van der Waals surface area contributed by atoms with Gasteiger partial charge in [0.25, 0.3) is 5.69 Å². The highest BCUT2D eigenvalue weighted by atomic mass is 16.6. The highest BCUT2D eigenvalue weighted by Gasteiger charge is 2.19. The predicted octanol–water partition coefficient (Wildman–Crippen LogP) is 2.52. The van der Waals surface area contributed by atoms with Gasteiger partial charge in [-0.25, -0.2) is 4.79 Å². The summed E-state index contributed by atoms with van der Waals surface area (Å²) < 4.78 is 0. The Kier molecular flexibility index (Phi) is 5.47. The van der Waals surface area contributed by atoms with Crippen molar-refractivity contribution in [3.63, 3.8) is 0 Å². The lowest BCUT2D eigenvalue weighted by atomic mass is 10.1. The lowest BCUT2D eigenvalue weighted by Gasteiger charge is -2.15. The molecule has 0 aliphatic carbocycles. The van der Waals surface area contributed by atoms with E-state index in [9.17, 15) is 14.9 Å². The average molecular weight is 277 g/mol. The summed E-state index contributed by atoms with van der Waals surface area (Å²) in [6, 6.07) is 4.88. The first-order chi connectivity index (χ1) is 9.49. The molecule has 0 aliphatic rings. The second-order valence-electron chi connectivity index (χ2n) is 4.28. The van der Waals surface area contributed by atoms with Gasteiger partial charge in [0.05, 0.1) is 4.92 Å². The first-order valence-corrected chi connectivity index (χ1v) is 6.17. The molecule has 1 atom stereocenters. The molecule has 2 N–H and O–H groups in total. The van der Waals surface area contributed by atoms with Crippen LogP contribution in [-0.4, -0.2) is 22.0 Å². The van der Waals surface area contributed by atoms with E-state index in [0.717, 1.165) is 12.8 Å². The lowest BCUT2D eigenvalue weighted by molar-refractivity contribution is -0.385. The number of nitro benzene ring substituents is 1. The summed E-state index contributed by atoms with van der Waals surface area (Å²) in [6.07, 6.45) is 2.03. The molecule has 0 heterocycles. The third-order valence-corrected chi connectivity index (χ3v) is 2.80. The van der Waals surface area contributed by atoms with Crippen LogP contribution in [0.25, 0.3) is 0 Å². The first-order valence-electron chi connectivity index (χ1n) is 6.17. The minimum atomic E-state index is -1.01. The Bertz CT molecular complexity index is 551. The normalized spacial score (nSPS) is 11.4. The maximum Gasteiger partial charge on any atom is 0.326 e. The van der Waals surface area contributed by atoms with Crippen LogP contribution in [0, 0.1) is 21.4 Å². The van der Waals surface area contributed by atoms with Gasteiger partial charge in [0.2, 0.25) is 0 Å². The molecule has 0 aromatic heterocycles. The van der Waals surface area contributed by atoms with Gasteiger partial charge in [-0.2, -0.15) is 5.26 Å². The van der Waals surface area contributed by atoms with Crippen LogP contribution in [0.4, 0.5) is 11.4 Å². The number of hydrogen-bond donors (Lipinski definition) is 2. The molecule has 1 aromatic rings. The third-order valence-electron chi connectivity index (χ3n) is 2.80. The molecule has 1 aromatic carbocycles. The molecule has 7 nitrogen and oxygen atoms in total. The van der Waals surface area contributed by atoms with Gasteiger partial charge in [0, 0.05) is 11.8 Å². The molecule has 20 heavy (non-hydrogen) atoms. The second kappa shape index (κ2) is 7.09. The molecule has 0 saturated heterocycles. The number of rotatable bonds is 7. The fourth-order valence-electron chi connectivity index (χ4n) is 1.73. The van der Waals surface area contributed by atoms with Crippen LogP contribution in [0.15, 0.2) is 18.2 Å². The second-order valence-corrected chi connectivity index (χ2v) is 4.28. The number of carboxylic acids is 1. The lowest BCUT2D eigenvalue weighted by Crippen LogP contribution is -2.29. The summed E-state index contributed by atoms with van der Waals surface area (Å²) in [6.45, 7) is 1.95. The van der Waals surface area contributed by atoms with Crippen molar-refractivity contribution >= 4 is 17.3 Å². The van der Waals surface area contributed by atoms with Crippen LogP contribution < -0.4 is 5.32 Å².